The summed E-state index contributed by atoms with van der Waals surface area (Å²) in [7, 11) is 1.42. The first-order chi connectivity index (χ1) is 17.3. The van der Waals surface area contributed by atoms with Gasteiger partial charge in [0.1, 0.15) is 17.9 Å². The van der Waals surface area contributed by atoms with Crippen LogP contribution >= 0.6 is 15.9 Å². The largest absolute Gasteiger partial charge is 0.493 e. The van der Waals surface area contributed by atoms with Gasteiger partial charge in [0.25, 0.3) is 17.5 Å². The Kier molecular flexibility index (Phi) is 7.15. The first kappa shape index (κ1) is 24.7. The third-order valence-corrected chi connectivity index (χ3v) is 5.87. The number of nitro benzene ring substituents is 1. The Bertz CT molecular complexity index is 1380. The zero-order valence-electron chi connectivity index (χ0n) is 18.7. The second kappa shape index (κ2) is 10.4. The molecule has 4 rings (SSSR count). The Morgan fingerprint density at radius 2 is 1.94 bits per heavy atom. The molecule has 1 aliphatic rings. The molecule has 4 amide bonds. The number of urea groups is 1. The number of furan rings is 1. The molecule has 0 aliphatic carbocycles. The number of hydrogen-bond acceptors (Lipinski definition) is 8. The minimum absolute atomic E-state index is 0.0374. The molecular formula is C24H18BrN3O8. The third-order valence-electron chi connectivity index (χ3n) is 5.18. The molecule has 36 heavy (non-hydrogen) atoms. The topological polar surface area (TPSA) is 141 Å². The smallest absolute Gasteiger partial charge is 0.331 e. The zero-order chi connectivity index (χ0) is 25.8. The molecule has 0 bridgehead atoms. The average molecular weight is 556 g/mol. The highest BCUT2D eigenvalue weighted by molar-refractivity contribution is 9.10. The van der Waals surface area contributed by atoms with Gasteiger partial charge in [-0.3, -0.25) is 29.9 Å². The maximum Gasteiger partial charge on any atom is 0.331 e. The van der Waals surface area contributed by atoms with Crippen molar-refractivity contribution in [3.63, 3.8) is 0 Å². The standard InChI is InChI=1S/C24H18BrN3O8/c1-34-20-10-15(19(25)11-21(20)36-13-14-4-2-5-16(8-14)28(32)33)9-18-22(29)26-24(31)27(23(18)30)12-17-6-3-7-35-17/h2-11H,12-13H2,1H3,(H,26,29,31)/b18-9+. The van der Waals surface area contributed by atoms with Crippen molar-refractivity contribution in [2.24, 2.45) is 0 Å². The number of halogens is 1. The highest BCUT2D eigenvalue weighted by Crippen LogP contribution is 2.35. The molecule has 3 aromatic rings. The van der Waals surface area contributed by atoms with Gasteiger partial charge in [-0.25, -0.2) is 4.79 Å². The molecule has 1 saturated heterocycles. The van der Waals surface area contributed by atoms with E-state index in [1.165, 1.54) is 31.6 Å². The van der Waals surface area contributed by atoms with Gasteiger partial charge in [-0.2, -0.15) is 0 Å². The van der Waals surface area contributed by atoms with Crippen LogP contribution in [0.2, 0.25) is 0 Å². The number of amides is 4. The number of hydrogen-bond donors (Lipinski definition) is 1. The highest BCUT2D eigenvalue weighted by Gasteiger charge is 2.36. The van der Waals surface area contributed by atoms with Crippen LogP contribution in [0.25, 0.3) is 6.08 Å². The van der Waals surface area contributed by atoms with Crippen LogP contribution in [0.15, 0.2) is 69.3 Å². The summed E-state index contributed by atoms with van der Waals surface area (Å²) in [5, 5.41) is 13.1. The number of nitro groups is 1. The normalized spacial score (nSPS) is 14.7. The summed E-state index contributed by atoms with van der Waals surface area (Å²) in [5.41, 5.74) is 0.690. The minimum Gasteiger partial charge on any atom is -0.493 e. The molecule has 184 valence electrons. The van der Waals surface area contributed by atoms with E-state index in [1.807, 2.05) is 0 Å². The Hall–Kier alpha value is -4.45. The summed E-state index contributed by atoms with van der Waals surface area (Å²) in [6.07, 6.45) is 2.74. The molecule has 0 atom stereocenters. The molecule has 2 heterocycles. The highest BCUT2D eigenvalue weighted by atomic mass is 79.9. The van der Waals surface area contributed by atoms with Crippen molar-refractivity contribution in [3.8, 4) is 11.5 Å². The fourth-order valence-corrected chi connectivity index (χ4v) is 3.84. The number of methoxy groups -OCH3 is 1. The van der Waals surface area contributed by atoms with E-state index in [0.29, 0.717) is 32.9 Å². The lowest BCUT2D eigenvalue weighted by atomic mass is 10.1. The van der Waals surface area contributed by atoms with Gasteiger partial charge in [-0.1, -0.05) is 28.1 Å². The van der Waals surface area contributed by atoms with Gasteiger partial charge < -0.3 is 13.9 Å². The van der Waals surface area contributed by atoms with Crippen molar-refractivity contribution in [2.45, 2.75) is 13.2 Å². The summed E-state index contributed by atoms with van der Waals surface area (Å²) >= 11 is 3.40. The lowest BCUT2D eigenvalue weighted by Gasteiger charge is -2.25. The monoisotopic (exact) mass is 555 g/mol. The van der Waals surface area contributed by atoms with Gasteiger partial charge in [0, 0.05) is 16.6 Å². The lowest BCUT2D eigenvalue weighted by molar-refractivity contribution is -0.384. The van der Waals surface area contributed by atoms with Gasteiger partial charge >= 0.3 is 6.03 Å². The molecule has 1 N–H and O–H groups in total. The minimum atomic E-state index is -0.847. The predicted molar refractivity (Wildman–Crippen MR) is 129 cm³/mol. The van der Waals surface area contributed by atoms with Crippen LogP contribution in [0, 0.1) is 10.1 Å². The van der Waals surface area contributed by atoms with Crippen LogP contribution in [0.3, 0.4) is 0 Å². The van der Waals surface area contributed by atoms with Crippen molar-refractivity contribution in [2.75, 3.05) is 7.11 Å². The van der Waals surface area contributed by atoms with Crippen LogP contribution in [0.1, 0.15) is 16.9 Å². The van der Waals surface area contributed by atoms with E-state index < -0.39 is 22.8 Å². The molecule has 0 spiro atoms. The Labute approximate surface area is 212 Å². The number of carbonyl (C=O) groups is 3. The number of nitrogens with zero attached hydrogens (tertiary/aromatic N) is 2. The molecule has 2 aromatic carbocycles. The summed E-state index contributed by atoms with van der Waals surface area (Å²) in [4.78, 5) is 49.0. The second-order valence-electron chi connectivity index (χ2n) is 7.53. The van der Waals surface area contributed by atoms with Crippen LogP contribution in [0.5, 0.6) is 11.5 Å². The summed E-state index contributed by atoms with van der Waals surface area (Å²) < 4.78 is 16.9. The van der Waals surface area contributed by atoms with Gasteiger partial charge in [-0.15, -0.1) is 0 Å². The van der Waals surface area contributed by atoms with E-state index in [4.69, 9.17) is 13.9 Å². The van der Waals surface area contributed by atoms with Crippen molar-refractivity contribution in [1.82, 2.24) is 10.2 Å². The SMILES string of the molecule is COc1cc(/C=C2\C(=O)NC(=O)N(Cc3ccco3)C2=O)c(Br)cc1OCc1cccc([N+](=O)[O-])c1. The van der Waals surface area contributed by atoms with Crippen molar-refractivity contribution < 1.29 is 33.2 Å². The van der Waals surface area contributed by atoms with E-state index in [0.717, 1.165) is 4.90 Å². The molecule has 1 aliphatic heterocycles. The van der Waals surface area contributed by atoms with Gasteiger partial charge in [0.2, 0.25) is 0 Å². The quantitative estimate of drug-likeness (QED) is 0.188. The van der Waals surface area contributed by atoms with E-state index in [9.17, 15) is 24.5 Å². The summed E-state index contributed by atoms with van der Waals surface area (Å²) in [6, 6.07) is 11.6. The molecule has 11 nitrogen and oxygen atoms in total. The van der Waals surface area contributed by atoms with Crippen molar-refractivity contribution >= 4 is 45.5 Å². The number of barbiturate groups is 1. The molecule has 0 radical (unpaired) electrons. The van der Waals surface area contributed by atoms with E-state index in [1.54, 1.807) is 36.4 Å². The maximum absolute atomic E-state index is 13.0. The fraction of sp³-hybridized carbons (Fsp3) is 0.125. The van der Waals surface area contributed by atoms with Crippen LogP contribution in [-0.4, -0.2) is 34.8 Å². The number of benzene rings is 2. The average Bonchev–Trinajstić information content (AvgIpc) is 3.37. The van der Waals surface area contributed by atoms with Crippen molar-refractivity contribution in [3.05, 3.63) is 91.8 Å². The summed E-state index contributed by atoms with van der Waals surface area (Å²) in [6.45, 7) is -0.104. The number of rotatable bonds is 8. The van der Waals surface area contributed by atoms with Gasteiger partial charge in [0.15, 0.2) is 11.5 Å². The molecule has 0 saturated carbocycles. The third kappa shape index (κ3) is 5.28. The summed E-state index contributed by atoms with van der Waals surface area (Å²) in [5.74, 6) is -0.621. The van der Waals surface area contributed by atoms with Crippen molar-refractivity contribution in [1.29, 1.82) is 0 Å². The lowest BCUT2D eigenvalue weighted by Crippen LogP contribution is -2.53. The first-order valence-electron chi connectivity index (χ1n) is 10.4. The maximum atomic E-state index is 13.0. The van der Waals surface area contributed by atoms with Crippen LogP contribution in [-0.2, 0) is 22.7 Å². The molecule has 0 unspecified atom stereocenters. The fourth-order valence-electron chi connectivity index (χ4n) is 3.41. The number of imide groups is 2. The molecule has 12 heteroatoms. The Balaban J connectivity index is 1.58. The molecule has 1 fully saturated rings. The second-order valence-corrected chi connectivity index (χ2v) is 8.38. The molecular weight excluding hydrogens is 538 g/mol. The molecule has 1 aromatic heterocycles. The Morgan fingerprint density at radius 1 is 1.14 bits per heavy atom. The number of ether oxygens (including phenoxy) is 2. The zero-order valence-corrected chi connectivity index (χ0v) is 20.3. The number of non-ortho nitro benzene ring substituents is 1. The van der Waals surface area contributed by atoms with Gasteiger partial charge in [-0.05, 0) is 41.5 Å². The number of carbonyl (C=O) groups excluding carboxylic acids is 3. The number of nitrogens with one attached hydrogen (secondary N) is 1. The van der Waals surface area contributed by atoms with Gasteiger partial charge in [0.05, 0.1) is 24.8 Å². The van der Waals surface area contributed by atoms with Crippen LogP contribution < -0.4 is 14.8 Å². The Morgan fingerprint density at radius 3 is 2.64 bits per heavy atom. The first-order valence-corrected chi connectivity index (χ1v) is 11.2. The van der Waals surface area contributed by atoms with Crippen LogP contribution in [0.4, 0.5) is 10.5 Å². The van der Waals surface area contributed by atoms with E-state index >= 15 is 0 Å². The van der Waals surface area contributed by atoms with E-state index in [-0.39, 0.29) is 24.4 Å². The predicted octanol–water partition coefficient (Wildman–Crippen LogP) is 4.20. The van der Waals surface area contributed by atoms with E-state index in [2.05, 4.69) is 21.2 Å².